The van der Waals surface area contributed by atoms with E-state index in [-0.39, 0.29) is 28.5 Å². The normalized spacial score (nSPS) is 13.2. The molecular formula is C30H34F3N5O4S. The molecule has 0 fully saturated rings. The van der Waals surface area contributed by atoms with E-state index in [2.05, 4.69) is 20.5 Å². The van der Waals surface area contributed by atoms with Crippen molar-refractivity contribution in [1.29, 1.82) is 0 Å². The molecule has 2 heterocycles. The van der Waals surface area contributed by atoms with Gasteiger partial charge in [-0.05, 0) is 41.8 Å². The monoisotopic (exact) mass is 617 g/mol. The van der Waals surface area contributed by atoms with Gasteiger partial charge in [0.1, 0.15) is 11.5 Å². The van der Waals surface area contributed by atoms with Crippen molar-refractivity contribution in [3.8, 4) is 11.1 Å². The van der Waals surface area contributed by atoms with Crippen molar-refractivity contribution in [2.45, 2.75) is 63.7 Å². The topological polar surface area (TPSA) is 130 Å². The maximum absolute atomic E-state index is 14.2. The van der Waals surface area contributed by atoms with Gasteiger partial charge in [-0.15, -0.1) is 0 Å². The van der Waals surface area contributed by atoms with Gasteiger partial charge in [-0.2, -0.15) is 18.3 Å². The lowest BCUT2D eigenvalue weighted by atomic mass is 9.95. The fourth-order valence-corrected chi connectivity index (χ4v) is 5.67. The number of hydrogen-bond donors (Lipinski definition) is 3. The summed E-state index contributed by atoms with van der Waals surface area (Å²) in [5.74, 6) is -0.280. The predicted molar refractivity (Wildman–Crippen MR) is 155 cm³/mol. The number of aliphatic hydroxyl groups is 1. The number of imidazole rings is 1. The highest BCUT2D eigenvalue weighted by atomic mass is 32.2. The molecule has 2 aromatic heterocycles. The highest BCUT2D eigenvalue weighted by molar-refractivity contribution is 7.91. The predicted octanol–water partition coefficient (Wildman–Crippen LogP) is 5.20. The van der Waals surface area contributed by atoms with E-state index in [0.717, 1.165) is 6.07 Å². The smallest absolute Gasteiger partial charge is 0.394 e. The fourth-order valence-electron chi connectivity index (χ4n) is 4.79. The van der Waals surface area contributed by atoms with Gasteiger partial charge < -0.3 is 15.0 Å². The molecule has 0 spiro atoms. The number of aromatic amines is 1. The zero-order valence-corrected chi connectivity index (χ0v) is 25.3. The summed E-state index contributed by atoms with van der Waals surface area (Å²) in [6.45, 7) is 8.04. The van der Waals surface area contributed by atoms with Crippen molar-refractivity contribution >= 4 is 15.7 Å². The molecule has 2 aromatic carbocycles. The van der Waals surface area contributed by atoms with Gasteiger partial charge in [-0.25, -0.2) is 13.4 Å². The van der Waals surface area contributed by atoms with Crippen LogP contribution in [0.1, 0.15) is 72.4 Å². The van der Waals surface area contributed by atoms with Crippen LogP contribution >= 0.6 is 0 Å². The number of halogens is 3. The van der Waals surface area contributed by atoms with Crippen molar-refractivity contribution in [2.75, 3.05) is 12.4 Å². The summed E-state index contributed by atoms with van der Waals surface area (Å²) in [5.41, 5.74) is 0.297. The number of alkyl halides is 3. The van der Waals surface area contributed by atoms with E-state index >= 15 is 0 Å². The molecular weight excluding hydrogens is 583 g/mol. The summed E-state index contributed by atoms with van der Waals surface area (Å²) in [6, 6.07) is 9.08. The van der Waals surface area contributed by atoms with Gasteiger partial charge in [0, 0.05) is 29.4 Å². The van der Waals surface area contributed by atoms with E-state index in [4.69, 9.17) is 0 Å². The van der Waals surface area contributed by atoms with Gasteiger partial charge in [-0.3, -0.25) is 9.89 Å². The summed E-state index contributed by atoms with van der Waals surface area (Å²) in [5, 5.41) is 19.2. The number of hydrogen-bond acceptors (Lipinski definition) is 6. The summed E-state index contributed by atoms with van der Waals surface area (Å²) in [6.07, 6.45) is -1.68. The Bertz CT molecular complexity index is 1710. The first-order chi connectivity index (χ1) is 20.1. The first kappa shape index (κ1) is 32.0. The van der Waals surface area contributed by atoms with Gasteiger partial charge in [0.25, 0.3) is 5.91 Å². The molecule has 9 nitrogen and oxygen atoms in total. The second-order valence-corrected chi connectivity index (χ2v) is 13.5. The van der Waals surface area contributed by atoms with Gasteiger partial charge >= 0.3 is 6.18 Å². The minimum Gasteiger partial charge on any atom is -0.394 e. The van der Waals surface area contributed by atoms with Crippen LogP contribution in [0, 0.1) is 6.92 Å². The number of aromatic nitrogens is 4. The molecule has 4 rings (SSSR count). The van der Waals surface area contributed by atoms with Gasteiger partial charge in [0.05, 0.1) is 35.1 Å². The van der Waals surface area contributed by atoms with Gasteiger partial charge in [0.2, 0.25) is 0 Å². The van der Waals surface area contributed by atoms with E-state index in [9.17, 15) is 31.5 Å². The highest BCUT2D eigenvalue weighted by Gasteiger charge is 2.35. The third-order valence-corrected chi connectivity index (χ3v) is 8.94. The molecule has 0 bridgehead atoms. The molecule has 0 aliphatic heterocycles. The molecule has 13 heteroatoms. The van der Waals surface area contributed by atoms with Crippen LogP contribution in [0.3, 0.4) is 0 Å². The van der Waals surface area contributed by atoms with E-state index in [1.807, 2.05) is 20.8 Å². The maximum Gasteiger partial charge on any atom is 0.416 e. The number of amides is 1. The van der Waals surface area contributed by atoms with Crippen LogP contribution < -0.4 is 5.32 Å². The Balaban J connectivity index is 1.69. The number of nitrogens with zero attached hydrogens (tertiary/aromatic N) is 3. The first-order valence-electron chi connectivity index (χ1n) is 13.6. The first-order valence-corrected chi connectivity index (χ1v) is 15.2. The summed E-state index contributed by atoms with van der Waals surface area (Å²) < 4.78 is 68.6. The standard InChI is InChI=1S/C30H34F3N5O4S/c1-6-43(41,42)23-11-9-19(10-12-23)25(17-39)36-27(40)26-18(2)38(28(37-26)29(3,4)5)16-21-8-7-20(22-14-34-35-15-22)13-24(21)30(31,32)33/h7-15,25,39H,6,16-17H2,1-5H3,(H,34,35)(H,36,40)/t25-/m0/s1. The van der Waals surface area contributed by atoms with E-state index < -0.39 is 45.5 Å². The molecule has 43 heavy (non-hydrogen) atoms. The molecule has 0 saturated heterocycles. The Kier molecular flexibility index (Phi) is 8.89. The fraction of sp³-hybridized carbons (Fsp3) is 0.367. The number of nitrogens with one attached hydrogen (secondary N) is 2. The number of sulfone groups is 1. The molecule has 1 amide bonds. The third-order valence-electron chi connectivity index (χ3n) is 7.19. The molecule has 0 aliphatic rings. The van der Waals surface area contributed by atoms with Crippen molar-refractivity contribution in [2.24, 2.45) is 0 Å². The molecule has 3 N–H and O–H groups in total. The lowest BCUT2D eigenvalue weighted by Gasteiger charge is -2.22. The second-order valence-electron chi connectivity index (χ2n) is 11.2. The Morgan fingerprint density at radius 2 is 1.77 bits per heavy atom. The van der Waals surface area contributed by atoms with Crippen molar-refractivity contribution in [3.05, 3.63) is 88.8 Å². The van der Waals surface area contributed by atoms with Crippen molar-refractivity contribution < 1.29 is 31.5 Å². The molecule has 4 aromatic rings. The molecule has 1 atom stereocenters. The molecule has 0 unspecified atom stereocenters. The molecule has 0 radical (unpaired) electrons. The molecule has 230 valence electrons. The Morgan fingerprint density at radius 1 is 1.09 bits per heavy atom. The minimum absolute atomic E-state index is 0.00746. The van der Waals surface area contributed by atoms with Gasteiger partial charge in [0.15, 0.2) is 9.84 Å². The number of benzene rings is 2. The van der Waals surface area contributed by atoms with Crippen LogP contribution in [-0.2, 0) is 28.0 Å². The maximum atomic E-state index is 14.2. The molecule has 0 aliphatic carbocycles. The van der Waals surface area contributed by atoms with Crippen molar-refractivity contribution in [3.63, 3.8) is 0 Å². The van der Waals surface area contributed by atoms with Crippen LogP contribution in [0.4, 0.5) is 13.2 Å². The number of carbonyl (C=O) groups is 1. The summed E-state index contributed by atoms with van der Waals surface area (Å²) in [7, 11) is -3.42. The van der Waals surface area contributed by atoms with E-state index in [1.165, 1.54) is 49.6 Å². The highest BCUT2D eigenvalue weighted by Crippen LogP contribution is 2.36. The average Bonchev–Trinajstić information content (AvgIpc) is 3.60. The lowest BCUT2D eigenvalue weighted by molar-refractivity contribution is -0.138. The second kappa shape index (κ2) is 12.0. The van der Waals surface area contributed by atoms with Gasteiger partial charge in [-0.1, -0.05) is 52.0 Å². The number of aliphatic hydroxyl groups excluding tert-OH is 1. The van der Waals surface area contributed by atoms with Crippen LogP contribution in [0.5, 0.6) is 0 Å². The average molecular weight is 618 g/mol. The summed E-state index contributed by atoms with van der Waals surface area (Å²) in [4.78, 5) is 18.1. The summed E-state index contributed by atoms with van der Waals surface area (Å²) >= 11 is 0. The Labute approximate surface area is 248 Å². The molecule has 0 saturated carbocycles. The van der Waals surface area contributed by atoms with Crippen LogP contribution in [0.25, 0.3) is 11.1 Å². The number of carbonyl (C=O) groups excluding carboxylic acids is 1. The third kappa shape index (κ3) is 6.83. The number of H-pyrrole nitrogens is 1. The number of rotatable bonds is 9. The van der Waals surface area contributed by atoms with E-state index in [1.54, 1.807) is 17.6 Å². The Morgan fingerprint density at radius 3 is 2.30 bits per heavy atom. The lowest BCUT2D eigenvalue weighted by Crippen LogP contribution is -2.31. The van der Waals surface area contributed by atoms with E-state index in [0.29, 0.717) is 28.2 Å². The van der Waals surface area contributed by atoms with Crippen LogP contribution in [0.2, 0.25) is 0 Å². The minimum atomic E-state index is -4.63. The zero-order chi connectivity index (χ0) is 31.7. The van der Waals surface area contributed by atoms with Crippen LogP contribution in [0.15, 0.2) is 59.8 Å². The van der Waals surface area contributed by atoms with Crippen molar-refractivity contribution in [1.82, 2.24) is 25.1 Å². The van der Waals surface area contributed by atoms with Crippen LogP contribution in [-0.4, -0.2) is 51.5 Å². The quantitative estimate of drug-likeness (QED) is 0.237. The largest absolute Gasteiger partial charge is 0.416 e. The Hall–Kier alpha value is -3.97. The zero-order valence-electron chi connectivity index (χ0n) is 24.5. The SMILES string of the molecule is CCS(=O)(=O)c1ccc([C@H](CO)NC(=O)c2nc(C(C)(C)C)n(Cc3ccc(-c4cn[nH]c4)cc3C(F)(F)F)c2C)cc1.